The van der Waals surface area contributed by atoms with Gasteiger partial charge >= 0.3 is 6.09 Å². The molecule has 1 aliphatic rings. The van der Waals surface area contributed by atoms with Crippen molar-refractivity contribution in [1.82, 2.24) is 10.3 Å². The highest BCUT2D eigenvalue weighted by atomic mass is 32.2. The molecule has 0 spiro atoms. The number of nitrogens with two attached hydrogens (primary N) is 2. The third-order valence-electron chi connectivity index (χ3n) is 6.22. The number of rotatable bonds is 9. The molecule has 2 atom stereocenters. The number of nitrogens with one attached hydrogen (secondary N) is 1. The second-order valence-corrected chi connectivity index (χ2v) is 9.80. The molecular weight excluding hydrogens is 506 g/mol. The second-order valence-electron chi connectivity index (χ2n) is 8.71. The van der Waals surface area contributed by atoms with Crippen molar-refractivity contribution in [2.75, 3.05) is 18.0 Å². The number of carbonyl (C=O) groups is 3. The van der Waals surface area contributed by atoms with E-state index >= 15 is 0 Å². The Morgan fingerprint density at radius 3 is 2.32 bits per heavy atom. The number of pyridine rings is 1. The number of benzene rings is 1. The van der Waals surface area contributed by atoms with Crippen LogP contribution in [0.2, 0.25) is 0 Å². The highest BCUT2D eigenvalue weighted by Crippen LogP contribution is 2.39. The number of primary amides is 2. The zero-order valence-electron chi connectivity index (χ0n) is 21.1. The summed E-state index contributed by atoms with van der Waals surface area (Å²) in [7, 11) is 0. The predicted octanol–water partition coefficient (Wildman–Crippen LogP) is 2.27. The van der Waals surface area contributed by atoms with E-state index in [0.717, 1.165) is 11.8 Å². The van der Waals surface area contributed by atoms with Crippen molar-refractivity contribution in [1.29, 1.82) is 10.5 Å². The Morgan fingerprint density at radius 1 is 1.16 bits per heavy atom. The third kappa shape index (κ3) is 6.52. The SMILES string of the molecule is CCc1c(C#N)c(SC(C(N)=O)c2ccccc2)nc(N2CCC(NC(=O)[C@@H](C)OC(N)=O)CC2)c1C#N. The minimum atomic E-state index is -1.02. The molecule has 0 saturated carbocycles. The van der Waals surface area contributed by atoms with Crippen LogP contribution < -0.4 is 21.7 Å². The Morgan fingerprint density at radius 2 is 1.79 bits per heavy atom. The molecule has 1 aromatic carbocycles. The molecular formula is C26H29N7O4S. The molecule has 1 aromatic heterocycles. The Kier molecular flexibility index (Phi) is 9.52. The summed E-state index contributed by atoms with van der Waals surface area (Å²) in [6.07, 6.45) is -0.500. The largest absolute Gasteiger partial charge is 0.437 e. The number of hydrogen-bond donors (Lipinski definition) is 3. The first-order valence-corrected chi connectivity index (χ1v) is 13.0. The summed E-state index contributed by atoms with van der Waals surface area (Å²) >= 11 is 1.09. The van der Waals surface area contributed by atoms with Crippen molar-refractivity contribution in [2.24, 2.45) is 11.5 Å². The van der Waals surface area contributed by atoms with Gasteiger partial charge in [-0.25, -0.2) is 9.78 Å². The number of nitrogens with zero attached hydrogens (tertiary/aromatic N) is 4. The van der Waals surface area contributed by atoms with Crippen molar-refractivity contribution < 1.29 is 19.1 Å². The molecule has 12 heteroatoms. The van der Waals surface area contributed by atoms with Crippen LogP contribution in [0.3, 0.4) is 0 Å². The second kappa shape index (κ2) is 12.8. The van der Waals surface area contributed by atoms with Crippen molar-refractivity contribution in [2.45, 2.75) is 55.5 Å². The van der Waals surface area contributed by atoms with Gasteiger partial charge in [-0.15, -0.1) is 0 Å². The van der Waals surface area contributed by atoms with Crippen LogP contribution in [0.5, 0.6) is 0 Å². The first-order valence-electron chi connectivity index (χ1n) is 12.1. The van der Waals surface area contributed by atoms with Gasteiger partial charge in [0.15, 0.2) is 6.10 Å². The van der Waals surface area contributed by atoms with Gasteiger partial charge in [-0.05, 0) is 37.3 Å². The zero-order valence-corrected chi connectivity index (χ0v) is 22.0. The van der Waals surface area contributed by atoms with Gasteiger partial charge in [0, 0.05) is 19.1 Å². The smallest absolute Gasteiger partial charge is 0.405 e. The van der Waals surface area contributed by atoms with Gasteiger partial charge in [0.1, 0.15) is 28.2 Å². The van der Waals surface area contributed by atoms with Gasteiger partial charge in [0.05, 0.1) is 11.1 Å². The van der Waals surface area contributed by atoms with Gasteiger partial charge in [-0.3, -0.25) is 9.59 Å². The van der Waals surface area contributed by atoms with Crippen LogP contribution in [0.15, 0.2) is 35.4 Å². The van der Waals surface area contributed by atoms with E-state index in [4.69, 9.17) is 21.2 Å². The van der Waals surface area contributed by atoms with E-state index in [1.165, 1.54) is 6.92 Å². The number of thioether (sulfide) groups is 1. The van der Waals surface area contributed by atoms with Crippen LogP contribution in [0.4, 0.5) is 10.6 Å². The normalized spacial score (nSPS) is 15.0. The molecule has 3 rings (SSSR count). The van der Waals surface area contributed by atoms with E-state index in [1.807, 2.05) is 17.9 Å². The summed E-state index contributed by atoms with van der Waals surface area (Å²) in [5, 5.41) is 22.4. The Balaban J connectivity index is 1.89. The maximum Gasteiger partial charge on any atom is 0.405 e. The summed E-state index contributed by atoms with van der Waals surface area (Å²) in [6, 6.07) is 13.2. The van der Waals surface area contributed by atoms with E-state index in [1.54, 1.807) is 24.3 Å². The standard InChI is InChI=1S/C26H29N7O4S/c1-3-18-19(13-27)23(33-11-9-17(10-12-33)31-24(35)15(2)37-26(30)36)32-25(20(18)14-28)38-21(22(29)34)16-7-5-4-6-8-16/h4-8,15,17,21H,3,9-12H2,1-2H3,(H2,29,34)(H2,30,36)(H,31,35)/t15-,21?/m1/s1. The Hall–Kier alpha value is -4.29. The van der Waals surface area contributed by atoms with Crippen LogP contribution in [-0.4, -0.2) is 48.1 Å². The molecule has 11 nitrogen and oxygen atoms in total. The van der Waals surface area contributed by atoms with Crippen molar-refractivity contribution in [3.8, 4) is 12.1 Å². The molecule has 38 heavy (non-hydrogen) atoms. The predicted molar refractivity (Wildman–Crippen MR) is 141 cm³/mol. The maximum absolute atomic E-state index is 12.4. The fraction of sp³-hybridized carbons (Fsp3) is 0.385. The lowest BCUT2D eigenvalue weighted by atomic mass is 10.00. The van der Waals surface area contributed by atoms with Gasteiger partial charge in [-0.2, -0.15) is 10.5 Å². The average molecular weight is 536 g/mol. The van der Waals surface area contributed by atoms with Crippen LogP contribution in [0.1, 0.15) is 54.2 Å². The van der Waals surface area contributed by atoms with E-state index in [-0.39, 0.29) is 11.6 Å². The number of anilines is 1. The molecule has 5 N–H and O–H groups in total. The van der Waals surface area contributed by atoms with E-state index in [9.17, 15) is 24.9 Å². The van der Waals surface area contributed by atoms with Crippen molar-refractivity contribution in [3.05, 3.63) is 52.6 Å². The summed E-state index contributed by atoms with van der Waals surface area (Å²) in [5.41, 5.74) is 12.5. The van der Waals surface area contributed by atoms with Gasteiger partial charge < -0.3 is 26.4 Å². The monoisotopic (exact) mass is 535 g/mol. The summed E-state index contributed by atoms with van der Waals surface area (Å²) in [5.74, 6) is -0.582. The Bertz CT molecular complexity index is 1280. The lowest BCUT2D eigenvalue weighted by Crippen LogP contribution is -2.48. The minimum Gasteiger partial charge on any atom is -0.437 e. The summed E-state index contributed by atoms with van der Waals surface area (Å²) in [6.45, 7) is 4.26. The number of piperidine rings is 1. The van der Waals surface area contributed by atoms with Gasteiger partial charge in [0.2, 0.25) is 5.91 Å². The molecule has 3 amide bonds. The topological polar surface area (TPSA) is 188 Å². The highest BCUT2D eigenvalue weighted by molar-refractivity contribution is 8.00. The Labute approximate surface area is 225 Å². The molecule has 2 heterocycles. The zero-order chi connectivity index (χ0) is 27.8. The quantitative estimate of drug-likeness (QED) is 0.405. The maximum atomic E-state index is 12.4. The first kappa shape index (κ1) is 28.3. The fourth-order valence-corrected chi connectivity index (χ4v) is 5.37. The molecule has 198 valence electrons. The molecule has 0 radical (unpaired) electrons. The van der Waals surface area contributed by atoms with E-state index < -0.39 is 29.3 Å². The summed E-state index contributed by atoms with van der Waals surface area (Å²) < 4.78 is 4.72. The lowest BCUT2D eigenvalue weighted by Gasteiger charge is -2.34. The van der Waals surface area contributed by atoms with Crippen LogP contribution in [-0.2, 0) is 20.7 Å². The fourth-order valence-electron chi connectivity index (χ4n) is 4.31. The number of hydrogen-bond acceptors (Lipinski definition) is 9. The average Bonchev–Trinajstić information content (AvgIpc) is 2.91. The third-order valence-corrected chi connectivity index (χ3v) is 7.48. The minimum absolute atomic E-state index is 0.168. The lowest BCUT2D eigenvalue weighted by molar-refractivity contribution is -0.129. The molecule has 1 unspecified atom stereocenters. The van der Waals surface area contributed by atoms with E-state index in [0.29, 0.717) is 59.9 Å². The van der Waals surface area contributed by atoms with Gasteiger partial charge in [-0.1, -0.05) is 49.0 Å². The molecule has 2 aromatic rings. The number of amides is 3. The van der Waals surface area contributed by atoms with E-state index in [2.05, 4.69) is 17.5 Å². The summed E-state index contributed by atoms with van der Waals surface area (Å²) in [4.78, 5) is 42.2. The number of nitriles is 2. The van der Waals surface area contributed by atoms with Crippen LogP contribution in [0, 0.1) is 22.7 Å². The van der Waals surface area contributed by atoms with Crippen LogP contribution in [0.25, 0.3) is 0 Å². The molecule has 1 fully saturated rings. The van der Waals surface area contributed by atoms with Crippen LogP contribution >= 0.6 is 11.8 Å². The first-order chi connectivity index (χ1) is 18.2. The van der Waals surface area contributed by atoms with Gasteiger partial charge in [0.25, 0.3) is 5.91 Å². The number of ether oxygens (including phenoxy) is 1. The molecule has 0 aliphatic carbocycles. The molecule has 1 saturated heterocycles. The van der Waals surface area contributed by atoms with Crippen molar-refractivity contribution in [3.63, 3.8) is 0 Å². The van der Waals surface area contributed by atoms with Crippen molar-refractivity contribution >= 4 is 35.5 Å². The molecule has 1 aliphatic heterocycles. The number of carbonyl (C=O) groups excluding carboxylic acids is 3. The number of aromatic nitrogens is 1. The molecule has 0 bridgehead atoms. The highest BCUT2D eigenvalue weighted by Gasteiger charge is 2.30.